The lowest BCUT2D eigenvalue weighted by Crippen LogP contribution is -2.71. The maximum Gasteiger partial charge on any atom is 0.231 e. The van der Waals surface area contributed by atoms with E-state index in [1.54, 1.807) is 0 Å². The Morgan fingerprint density at radius 3 is 2.11 bits per heavy atom. The van der Waals surface area contributed by atoms with Crippen molar-refractivity contribution < 1.29 is 23.7 Å². The zero-order valence-corrected chi connectivity index (χ0v) is 17.2. The predicted molar refractivity (Wildman–Crippen MR) is 103 cm³/mol. The number of carbonyl (C=O) groups excluding carboxylic acids is 1. The molecule has 1 aromatic rings. The molecular weight excluding hydrogens is 358 g/mol. The Kier molecular flexibility index (Phi) is 5.25. The number of rotatable bonds is 4. The fourth-order valence-electron chi connectivity index (χ4n) is 4.62. The van der Waals surface area contributed by atoms with Crippen LogP contribution >= 0.6 is 0 Å². The first kappa shape index (κ1) is 19.8. The van der Waals surface area contributed by atoms with Crippen LogP contribution in [-0.4, -0.2) is 53.8 Å². The molecule has 0 unspecified atom stereocenters. The first-order chi connectivity index (χ1) is 13.3. The number of carbonyl (C=O) groups is 1. The van der Waals surface area contributed by atoms with E-state index >= 15 is 0 Å². The van der Waals surface area contributed by atoms with Crippen molar-refractivity contribution in [2.75, 3.05) is 13.2 Å². The van der Waals surface area contributed by atoms with E-state index in [0.29, 0.717) is 19.8 Å². The van der Waals surface area contributed by atoms with Crippen LogP contribution in [0.15, 0.2) is 30.3 Å². The van der Waals surface area contributed by atoms with Gasteiger partial charge in [-0.3, -0.25) is 4.79 Å². The lowest BCUT2D eigenvalue weighted by Gasteiger charge is -2.56. The summed E-state index contributed by atoms with van der Waals surface area (Å²) in [4.78, 5) is 15.2. The summed E-state index contributed by atoms with van der Waals surface area (Å²) in [5.74, 6) is -1.36. The quantitative estimate of drug-likeness (QED) is 0.741. The Bertz CT molecular complexity index is 704. The monoisotopic (exact) mass is 389 g/mol. The molecule has 3 saturated heterocycles. The molecule has 1 amide bonds. The first-order valence-electron chi connectivity index (χ1n) is 10.2. The number of hydrogen-bond acceptors (Lipinski definition) is 5. The summed E-state index contributed by atoms with van der Waals surface area (Å²) < 4.78 is 23.8. The molecule has 3 aliphatic rings. The summed E-state index contributed by atoms with van der Waals surface area (Å²) in [5, 5.41) is 0. The van der Waals surface area contributed by atoms with E-state index in [1.165, 1.54) is 0 Å². The molecule has 1 aromatic carbocycles. The van der Waals surface area contributed by atoms with Crippen molar-refractivity contribution in [1.82, 2.24) is 4.90 Å². The lowest BCUT2D eigenvalue weighted by molar-refractivity contribution is -0.313. The zero-order valence-electron chi connectivity index (χ0n) is 17.2. The lowest BCUT2D eigenvalue weighted by atomic mass is 9.76. The van der Waals surface area contributed by atoms with Gasteiger partial charge in [0.1, 0.15) is 0 Å². The minimum atomic E-state index is -0.663. The van der Waals surface area contributed by atoms with Gasteiger partial charge < -0.3 is 23.8 Å². The van der Waals surface area contributed by atoms with Crippen LogP contribution in [0.2, 0.25) is 0 Å². The van der Waals surface area contributed by atoms with Crippen LogP contribution in [0.4, 0.5) is 0 Å². The van der Waals surface area contributed by atoms with Gasteiger partial charge in [0.15, 0.2) is 11.6 Å². The van der Waals surface area contributed by atoms with Crippen LogP contribution in [0.5, 0.6) is 0 Å². The smallest absolute Gasteiger partial charge is 0.231 e. The fraction of sp³-hybridized carbons (Fsp3) is 0.682. The number of hydrogen-bond donors (Lipinski definition) is 0. The maximum absolute atomic E-state index is 13.2. The highest BCUT2D eigenvalue weighted by atomic mass is 16.7. The number of nitrogens with zero attached hydrogens (tertiary/aromatic N) is 1. The van der Waals surface area contributed by atoms with E-state index in [2.05, 4.69) is 12.1 Å². The van der Waals surface area contributed by atoms with Gasteiger partial charge in [0.05, 0.1) is 37.4 Å². The van der Waals surface area contributed by atoms with Gasteiger partial charge in [-0.1, -0.05) is 30.3 Å². The number of ether oxygens (including phenoxy) is 4. The first-order valence-corrected chi connectivity index (χ1v) is 10.2. The normalized spacial score (nSPS) is 34.7. The van der Waals surface area contributed by atoms with Gasteiger partial charge in [-0.15, -0.1) is 0 Å². The van der Waals surface area contributed by atoms with Crippen LogP contribution in [0.25, 0.3) is 0 Å². The third kappa shape index (κ3) is 3.96. The molecule has 3 fully saturated rings. The van der Waals surface area contributed by atoms with Gasteiger partial charge in [-0.05, 0) is 46.1 Å². The summed E-state index contributed by atoms with van der Waals surface area (Å²) in [6.07, 6.45) is 1.28. The molecule has 3 heterocycles. The van der Waals surface area contributed by atoms with Crippen molar-refractivity contribution in [2.45, 2.75) is 76.9 Å². The average molecular weight is 389 g/mol. The summed E-state index contributed by atoms with van der Waals surface area (Å²) in [7, 11) is 0. The molecule has 0 radical (unpaired) electrons. The summed E-state index contributed by atoms with van der Waals surface area (Å²) in [6.45, 7) is 9.52. The number of amides is 1. The van der Waals surface area contributed by atoms with E-state index in [0.717, 1.165) is 18.4 Å². The van der Waals surface area contributed by atoms with Crippen molar-refractivity contribution in [3.63, 3.8) is 0 Å². The molecular formula is C22H31NO5. The molecule has 0 saturated carbocycles. The van der Waals surface area contributed by atoms with Gasteiger partial charge in [0.2, 0.25) is 5.91 Å². The summed E-state index contributed by atoms with van der Waals surface area (Å²) >= 11 is 0. The van der Waals surface area contributed by atoms with Crippen molar-refractivity contribution >= 4 is 5.91 Å². The molecule has 4 atom stereocenters. The Hall–Kier alpha value is -1.47. The van der Waals surface area contributed by atoms with Gasteiger partial charge in [0.25, 0.3) is 0 Å². The summed E-state index contributed by atoms with van der Waals surface area (Å²) in [6, 6.07) is 10.1. The molecule has 0 N–H and O–H groups in total. The highest BCUT2D eigenvalue weighted by Gasteiger charge is 2.57. The Morgan fingerprint density at radius 2 is 1.50 bits per heavy atom. The fourth-order valence-corrected chi connectivity index (χ4v) is 4.62. The average Bonchev–Trinajstić information content (AvgIpc) is 2.63. The largest absolute Gasteiger partial charge is 0.350 e. The molecule has 6 nitrogen and oxygen atoms in total. The van der Waals surface area contributed by atoms with E-state index in [4.69, 9.17) is 18.9 Å². The molecule has 154 valence electrons. The van der Waals surface area contributed by atoms with Crippen LogP contribution < -0.4 is 0 Å². The number of likely N-dealkylation sites (tertiary alicyclic amines) is 1. The minimum Gasteiger partial charge on any atom is -0.350 e. The molecule has 0 aromatic heterocycles. The standard InChI is InChI=1S/C22H31NO5/c1-21(2)25-12-10-16(27-21)18-19(17-11-13-26-22(3,4)28-17)23(20(18)24)14-15-8-6-5-7-9-15/h5-9,16-19H,10-14H2,1-4H3/t16-,17+,18+,19+/m1/s1. The third-order valence-corrected chi connectivity index (χ3v) is 5.85. The third-order valence-electron chi connectivity index (χ3n) is 5.85. The zero-order chi connectivity index (χ0) is 19.9. The van der Waals surface area contributed by atoms with E-state index in [9.17, 15) is 4.79 Å². The van der Waals surface area contributed by atoms with E-state index < -0.39 is 11.6 Å². The molecule has 28 heavy (non-hydrogen) atoms. The maximum atomic E-state index is 13.2. The van der Waals surface area contributed by atoms with Gasteiger partial charge in [-0.25, -0.2) is 0 Å². The van der Waals surface area contributed by atoms with Gasteiger partial charge in [-0.2, -0.15) is 0 Å². The van der Waals surface area contributed by atoms with Crippen molar-refractivity contribution in [3.05, 3.63) is 35.9 Å². The second-order valence-corrected chi connectivity index (χ2v) is 8.85. The second-order valence-electron chi connectivity index (χ2n) is 8.85. The SMILES string of the molecule is CC1(C)OCC[C@@H]([C@H]2[C@H]([C@H]3CCOC(C)(C)O3)C(=O)N2Cc2ccccc2)O1. The van der Waals surface area contributed by atoms with Gasteiger partial charge >= 0.3 is 0 Å². The molecule has 4 rings (SSSR count). The Labute approximate surface area is 167 Å². The summed E-state index contributed by atoms with van der Waals surface area (Å²) in [5.41, 5.74) is 1.12. The Morgan fingerprint density at radius 1 is 0.929 bits per heavy atom. The van der Waals surface area contributed by atoms with Crippen molar-refractivity contribution in [3.8, 4) is 0 Å². The number of β-lactam (4-membered cyclic amide) rings is 1. The molecule has 3 aliphatic heterocycles. The van der Waals surface area contributed by atoms with Crippen LogP contribution in [0.3, 0.4) is 0 Å². The van der Waals surface area contributed by atoms with E-state index in [-0.39, 0.29) is 30.1 Å². The van der Waals surface area contributed by atoms with Crippen LogP contribution in [-0.2, 0) is 30.3 Å². The minimum absolute atomic E-state index is 0.0187. The molecule has 0 spiro atoms. The number of benzene rings is 1. The molecule has 0 bridgehead atoms. The topological polar surface area (TPSA) is 57.2 Å². The van der Waals surface area contributed by atoms with Crippen molar-refractivity contribution in [1.29, 1.82) is 0 Å². The molecule has 0 aliphatic carbocycles. The Balaban J connectivity index is 1.57. The van der Waals surface area contributed by atoms with Crippen molar-refractivity contribution in [2.24, 2.45) is 5.92 Å². The van der Waals surface area contributed by atoms with E-state index in [1.807, 2.05) is 50.8 Å². The van der Waals surface area contributed by atoms with Crippen LogP contribution in [0, 0.1) is 5.92 Å². The highest BCUT2D eigenvalue weighted by molar-refractivity contribution is 5.87. The van der Waals surface area contributed by atoms with Gasteiger partial charge in [0, 0.05) is 6.54 Å². The predicted octanol–water partition coefficient (Wildman–Crippen LogP) is 3.10. The molecule has 6 heteroatoms. The highest BCUT2D eigenvalue weighted by Crippen LogP contribution is 2.42. The second kappa shape index (κ2) is 7.41. The van der Waals surface area contributed by atoms with Crippen LogP contribution in [0.1, 0.15) is 46.1 Å².